The Labute approximate surface area is 202 Å². The van der Waals surface area contributed by atoms with Crippen molar-refractivity contribution in [1.82, 2.24) is 0 Å². The molecule has 0 aliphatic carbocycles. The number of allylic oxidation sites excluding steroid dienone is 12. The van der Waals surface area contributed by atoms with Gasteiger partial charge >= 0.3 is 11.9 Å². The average Bonchev–Trinajstić information content (AvgIpc) is 2.81. The molecule has 182 valence electrons. The van der Waals surface area contributed by atoms with Gasteiger partial charge in [0, 0.05) is 6.42 Å². The second-order valence-corrected chi connectivity index (χ2v) is 7.37. The zero-order chi connectivity index (χ0) is 24.9. The van der Waals surface area contributed by atoms with Crippen LogP contribution in [0.2, 0.25) is 0 Å². The first-order valence-corrected chi connectivity index (χ1v) is 11.7. The smallest absolute Gasteiger partial charge is 0.339 e. The van der Waals surface area contributed by atoms with Crippen molar-refractivity contribution in [3.63, 3.8) is 0 Å². The summed E-state index contributed by atoms with van der Waals surface area (Å²) in [5, 5.41) is 9.06. The molecule has 0 bridgehead atoms. The largest absolute Gasteiger partial charge is 0.478 e. The molecule has 0 aromatic heterocycles. The summed E-state index contributed by atoms with van der Waals surface area (Å²) in [6, 6.07) is 3.03. The first kappa shape index (κ1) is 28.6. The van der Waals surface area contributed by atoms with Crippen molar-refractivity contribution in [2.75, 3.05) is 0 Å². The van der Waals surface area contributed by atoms with Gasteiger partial charge in [0.05, 0.1) is 0 Å². The molecule has 0 fully saturated rings. The summed E-state index contributed by atoms with van der Waals surface area (Å²) in [6.45, 7) is 2.13. The Balaban J connectivity index is 2.13. The fourth-order valence-corrected chi connectivity index (χ4v) is 2.77. The Morgan fingerprint density at radius 2 is 1.26 bits per heavy atom. The number of hydrogen-bond acceptors (Lipinski definition) is 3. The minimum atomic E-state index is -1.35. The highest BCUT2D eigenvalue weighted by atomic mass is 19.1. The number of esters is 1. The van der Waals surface area contributed by atoms with Crippen molar-refractivity contribution < 1.29 is 23.8 Å². The molecule has 0 heterocycles. The molecular weight excluding hydrogens is 431 g/mol. The number of rotatable bonds is 16. The van der Waals surface area contributed by atoms with Crippen molar-refractivity contribution in [2.24, 2.45) is 0 Å². The van der Waals surface area contributed by atoms with Crippen molar-refractivity contribution in [3.05, 3.63) is 102 Å². The van der Waals surface area contributed by atoms with Crippen LogP contribution in [-0.2, 0) is 4.79 Å². The molecular formula is C29H35FO4. The number of benzene rings is 1. The molecule has 0 atom stereocenters. The van der Waals surface area contributed by atoms with Gasteiger partial charge in [-0.1, -0.05) is 79.8 Å². The van der Waals surface area contributed by atoms with E-state index >= 15 is 0 Å². The molecule has 1 rings (SSSR count). The van der Waals surface area contributed by atoms with Gasteiger partial charge in [-0.2, -0.15) is 0 Å². The lowest BCUT2D eigenvalue weighted by atomic mass is 10.2. The van der Waals surface area contributed by atoms with E-state index in [1.165, 1.54) is 0 Å². The Kier molecular flexibility index (Phi) is 16.0. The van der Waals surface area contributed by atoms with Gasteiger partial charge in [0.15, 0.2) is 0 Å². The average molecular weight is 467 g/mol. The lowest BCUT2D eigenvalue weighted by Crippen LogP contribution is -2.11. The quantitative estimate of drug-likeness (QED) is 0.153. The Bertz CT molecular complexity index is 920. The number of carboxylic acids is 1. The lowest BCUT2D eigenvalue weighted by Gasteiger charge is -2.06. The summed E-state index contributed by atoms with van der Waals surface area (Å²) in [5.41, 5.74) is -0.373. The molecule has 0 aliphatic rings. The Hall–Kier alpha value is -3.47. The molecule has 5 heteroatoms. The lowest BCUT2D eigenvalue weighted by molar-refractivity contribution is -0.134. The van der Waals surface area contributed by atoms with E-state index < -0.39 is 17.8 Å². The predicted octanol–water partition coefficient (Wildman–Crippen LogP) is 7.91. The van der Waals surface area contributed by atoms with E-state index in [0.717, 1.165) is 56.7 Å². The zero-order valence-electron chi connectivity index (χ0n) is 19.9. The van der Waals surface area contributed by atoms with E-state index in [9.17, 15) is 14.0 Å². The van der Waals surface area contributed by atoms with Crippen LogP contribution in [0.4, 0.5) is 4.39 Å². The van der Waals surface area contributed by atoms with Crippen LogP contribution in [-0.4, -0.2) is 17.0 Å². The summed E-state index contributed by atoms with van der Waals surface area (Å²) in [5.74, 6) is -2.76. The van der Waals surface area contributed by atoms with E-state index in [1.54, 1.807) is 0 Å². The van der Waals surface area contributed by atoms with Gasteiger partial charge in [0.25, 0.3) is 0 Å². The monoisotopic (exact) mass is 466 g/mol. The molecule has 34 heavy (non-hydrogen) atoms. The highest BCUT2D eigenvalue weighted by Gasteiger charge is 2.15. The number of ether oxygens (including phenoxy) is 1. The number of halogens is 1. The van der Waals surface area contributed by atoms with Crippen molar-refractivity contribution in [3.8, 4) is 5.75 Å². The van der Waals surface area contributed by atoms with Crippen molar-refractivity contribution >= 4 is 11.9 Å². The van der Waals surface area contributed by atoms with E-state index in [0.29, 0.717) is 6.42 Å². The zero-order valence-corrected chi connectivity index (χ0v) is 19.9. The molecule has 1 N–H and O–H groups in total. The first-order chi connectivity index (χ1) is 16.5. The summed E-state index contributed by atoms with van der Waals surface area (Å²) in [6.07, 6.45) is 31.5. The van der Waals surface area contributed by atoms with Crippen molar-refractivity contribution in [1.29, 1.82) is 0 Å². The van der Waals surface area contributed by atoms with E-state index in [-0.39, 0.29) is 17.7 Å². The number of carbonyl (C=O) groups excluding carboxylic acids is 1. The second-order valence-electron chi connectivity index (χ2n) is 7.37. The van der Waals surface area contributed by atoms with Gasteiger partial charge in [-0.25, -0.2) is 9.18 Å². The summed E-state index contributed by atoms with van der Waals surface area (Å²) < 4.78 is 18.2. The van der Waals surface area contributed by atoms with Gasteiger partial charge in [0.2, 0.25) is 0 Å². The first-order valence-electron chi connectivity index (χ1n) is 11.7. The van der Waals surface area contributed by atoms with Crippen LogP contribution in [0.5, 0.6) is 5.75 Å². The van der Waals surface area contributed by atoms with E-state index in [2.05, 4.69) is 67.7 Å². The maximum atomic E-state index is 13.2. The molecule has 0 spiro atoms. The van der Waals surface area contributed by atoms with Gasteiger partial charge in [-0.15, -0.1) is 0 Å². The predicted molar refractivity (Wildman–Crippen MR) is 136 cm³/mol. The Morgan fingerprint density at radius 3 is 1.74 bits per heavy atom. The molecule has 0 saturated heterocycles. The van der Waals surface area contributed by atoms with Gasteiger partial charge < -0.3 is 9.84 Å². The van der Waals surface area contributed by atoms with E-state index in [4.69, 9.17) is 9.84 Å². The van der Waals surface area contributed by atoms with Crippen LogP contribution >= 0.6 is 0 Å². The number of carboxylic acid groups (broad SMARTS) is 1. The van der Waals surface area contributed by atoms with Crippen LogP contribution in [0.1, 0.15) is 68.6 Å². The Morgan fingerprint density at radius 1 is 0.794 bits per heavy atom. The van der Waals surface area contributed by atoms with Crippen LogP contribution < -0.4 is 4.74 Å². The maximum absolute atomic E-state index is 13.2. The number of carbonyl (C=O) groups is 2. The number of hydrogen-bond donors (Lipinski definition) is 1. The molecule has 0 aliphatic heterocycles. The fraction of sp³-hybridized carbons (Fsp3) is 0.310. The standard InChI is InChI=1S/C29H35FO4/c1-2-3-4-5-6-7-8-9-10-11-12-13-14-15-16-17-18-19-20-21-28(31)34-27-23-22-25(30)24-26(27)29(32)33/h3-4,6-7,9-10,12-13,15-16,18-19,22-24H,2,5,8,11,14,17,20-21H2,1H3,(H,32,33)/b4-3-,7-6-,10-9-,13-12-,16-15-,19-18-. The highest BCUT2D eigenvalue weighted by molar-refractivity contribution is 5.92. The molecule has 0 unspecified atom stereocenters. The van der Waals surface area contributed by atoms with Crippen molar-refractivity contribution in [2.45, 2.75) is 58.3 Å². The van der Waals surface area contributed by atoms with Crippen LogP contribution in [0.15, 0.2) is 91.1 Å². The summed E-state index contributed by atoms with van der Waals surface area (Å²) >= 11 is 0. The summed E-state index contributed by atoms with van der Waals surface area (Å²) in [7, 11) is 0. The van der Waals surface area contributed by atoms with Gasteiger partial charge in [0.1, 0.15) is 17.1 Å². The molecule has 1 aromatic carbocycles. The maximum Gasteiger partial charge on any atom is 0.339 e. The van der Waals surface area contributed by atoms with E-state index in [1.807, 2.05) is 12.2 Å². The molecule has 1 aromatic rings. The second kappa shape index (κ2) is 19.0. The third-order valence-electron chi connectivity index (χ3n) is 4.51. The summed E-state index contributed by atoms with van der Waals surface area (Å²) in [4.78, 5) is 23.0. The van der Waals surface area contributed by atoms with Crippen LogP contribution in [0, 0.1) is 5.82 Å². The topological polar surface area (TPSA) is 63.6 Å². The minimum Gasteiger partial charge on any atom is -0.478 e. The fourth-order valence-electron chi connectivity index (χ4n) is 2.77. The third kappa shape index (κ3) is 14.6. The third-order valence-corrected chi connectivity index (χ3v) is 4.51. The molecule has 4 nitrogen and oxygen atoms in total. The number of aromatic carboxylic acids is 1. The minimum absolute atomic E-state index is 0.110. The molecule has 0 amide bonds. The van der Waals surface area contributed by atoms with Crippen LogP contribution in [0.25, 0.3) is 0 Å². The SMILES string of the molecule is CC/C=C\C/C=C\C/C=C\C/C=C\C/C=C\C/C=C\CCC(=O)Oc1ccc(F)cc1C(=O)O. The molecule has 0 saturated carbocycles. The highest BCUT2D eigenvalue weighted by Crippen LogP contribution is 2.20. The van der Waals surface area contributed by atoms with Gasteiger partial charge in [-0.3, -0.25) is 4.79 Å². The van der Waals surface area contributed by atoms with Gasteiger partial charge in [-0.05, 0) is 63.1 Å². The normalized spacial score (nSPS) is 12.4. The van der Waals surface area contributed by atoms with Crippen LogP contribution in [0.3, 0.4) is 0 Å². The molecule has 0 radical (unpaired) electrons.